The van der Waals surface area contributed by atoms with Crippen molar-refractivity contribution in [3.63, 3.8) is 0 Å². The number of benzene rings is 1. The summed E-state index contributed by atoms with van der Waals surface area (Å²) < 4.78 is 0. The SMILES string of the molecule is Cc1cc(-c2cccnn2)cc(N2CCNC(C)C2)c1C. The molecule has 1 atom stereocenters. The maximum absolute atomic E-state index is 4.24. The second-order valence-electron chi connectivity index (χ2n) is 5.85. The van der Waals surface area contributed by atoms with Gasteiger partial charge < -0.3 is 10.2 Å². The Morgan fingerprint density at radius 2 is 2.14 bits per heavy atom. The van der Waals surface area contributed by atoms with Crippen LogP contribution in [-0.4, -0.2) is 35.9 Å². The number of anilines is 1. The maximum atomic E-state index is 4.24. The van der Waals surface area contributed by atoms with Crippen molar-refractivity contribution in [2.24, 2.45) is 0 Å². The van der Waals surface area contributed by atoms with Crippen LogP contribution in [0.1, 0.15) is 18.1 Å². The number of nitrogens with zero attached hydrogens (tertiary/aromatic N) is 3. The van der Waals surface area contributed by atoms with Crippen LogP contribution in [0.5, 0.6) is 0 Å². The van der Waals surface area contributed by atoms with Crippen molar-refractivity contribution in [1.29, 1.82) is 0 Å². The molecule has 1 aromatic heterocycles. The Balaban J connectivity index is 2.02. The van der Waals surface area contributed by atoms with Crippen molar-refractivity contribution < 1.29 is 0 Å². The minimum atomic E-state index is 0.527. The molecule has 1 aliphatic rings. The van der Waals surface area contributed by atoms with E-state index in [1.807, 2.05) is 12.1 Å². The fourth-order valence-corrected chi connectivity index (χ4v) is 2.92. The van der Waals surface area contributed by atoms with Gasteiger partial charge in [0, 0.05) is 43.1 Å². The van der Waals surface area contributed by atoms with Gasteiger partial charge in [0.1, 0.15) is 0 Å². The molecule has 1 aromatic carbocycles. The lowest BCUT2D eigenvalue weighted by Gasteiger charge is -2.35. The van der Waals surface area contributed by atoms with Gasteiger partial charge >= 0.3 is 0 Å². The van der Waals surface area contributed by atoms with Crippen LogP contribution in [0.2, 0.25) is 0 Å². The van der Waals surface area contributed by atoms with E-state index in [1.54, 1.807) is 6.20 Å². The Morgan fingerprint density at radius 3 is 2.86 bits per heavy atom. The molecule has 1 unspecified atom stereocenters. The monoisotopic (exact) mass is 282 g/mol. The van der Waals surface area contributed by atoms with Crippen LogP contribution in [-0.2, 0) is 0 Å². The molecule has 3 rings (SSSR count). The quantitative estimate of drug-likeness (QED) is 0.919. The summed E-state index contributed by atoms with van der Waals surface area (Å²) in [4.78, 5) is 2.48. The molecule has 1 aliphatic heterocycles. The lowest BCUT2D eigenvalue weighted by atomic mass is 10.00. The number of hydrogen-bond acceptors (Lipinski definition) is 4. The molecule has 1 saturated heterocycles. The Labute approximate surface area is 126 Å². The Bertz CT molecular complexity index is 624. The van der Waals surface area contributed by atoms with Crippen LogP contribution in [0.25, 0.3) is 11.3 Å². The van der Waals surface area contributed by atoms with Crippen molar-refractivity contribution in [3.8, 4) is 11.3 Å². The lowest BCUT2D eigenvalue weighted by Crippen LogP contribution is -2.49. The van der Waals surface area contributed by atoms with Crippen LogP contribution >= 0.6 is 0 Å². The minimum Gasteiger partial charge on any atom is -0.368 e. The third-order valence-electron chi connectivity index (χ3n) is 4.22. The molecule has 0 bridgehead atoms. The number of rotatable bonds is 2. The fourth-order valence-electron chi connectivity index (χ4n) is 2.92. The number of piperazine rings is 1. The summed E-state index contributed by atoms with van der Waals surface area (Å²) in [5, 5.41) is 11.7. The molecule has 1 N–H and O–H groups in total. The van der Waals surface area contributed by atoms with Crippen molar-refractivity contribution in [2.45, 2.75) is 26.8 Å². The zero-order chi connectivity index (χ0) is 14.8. The highest BCUT2D eigenvalue weighted by molar-refractivity contribution is 5.70. The molecule has 0 aliphatic carbocycles. The Hall–Kier alpha value is -1.94. The normalized spacial score (nSPS) is 18.8. The van der Waals surface area contributed by atoms with Crippen molar-refractivity contribution in [1.82, 2.24) is 15.5 Å². The van der Waals surface area contributed by atoms with Crippen molar-refractivity contribution in [3.05, 3.63) is 41.6 Å². The average Bonchev–Trinajstić information content (AvgIpc) is 2.51. The summed E-state index contributed by atoms with van der Waals surface area (Å²) in [5.41, 5.74) is 6.07. The van der Waals surface area contributed by atoms with Crippen LogP contribution in [0.3, 0.4) is 0 Å². The van der Waals surface area contributed by atoms with Gasteiger partial charge in [0.2, 0.25) is 0 Å². The van der Waals surface area contributed by atoms with E-state index in [4.69, 9.17) is 0 Å². The Morgan fingerprint density at radius 1 is 1.29 bits per heavy atom. The van der Waals surface area contributed by atoms with E-state index in [0.717, 1.165) is 30.9 Å². The van der Waals surface area contributed by atoms with E-state index >= 15 is 0 Å². The van der Waals surface area contributed by atoms with E-state index in [1.165, 1.54) is 16.8 Å². The first-order valence-corrected chi connectivity index (χ1v) is 7.53. The molecule has 0 radical (unpaired) electrons. The lowest BCUT2D eigenvalue weighted by molar-refractivity contribution is 0.484. The van der Waals surface area contributed by atoms with E-state index in [2.05, 4.69) is 53.3 Å². The molecule has 4 nitrogen and oxygen atoms in total. The van der Waals surface area contributed by atoms with E-state index in [9.17, 15) is 0 Å². The second-order valence-corrected chi connectivity index (χ2v) is 5.85. The van der Waals surface area contributed by atoms with Gasteiger partial charge in [-0.2, -0.15) is 10.2 Å². The van der Waals surface area contributed by atoms with Gasteiger partial charge in [-0.1, -0.05) is 0 Å². The number of aryl methyl sites for hydroxylation is 1. The molecule has 0 spiro atoms. The summed E-state index contributed by atoms with van der Waals surface area (Å²) in [5.74, 6) is 0. The summed E-state index contributed by atoms with van der Waals surface area (Å²) >= 11 is 0. The van der Waals surface area contributed by atoms with Crippen LogP contribution < -0.4 is 10.2 Å². The van der Waals surface area contributed by atoms with Gasteiger partial charge in [0.25, 0.3) is 0 Å². The molecular weight excluding hydrogens is 260 g/mol. The third-order valence-corrected chi connectivity index (χ3v) is 4.22. The van der Waals surface area contributed by atoms with Crippen molar-refractivity contribution >= 4 is 5.69 Å². The smallest absolute Gasteiger partial charge is 0.0930 e. The highest BCUT2D eigenvalue weighted by Crippen LogP contribution is 2.30. The zero-order valence-corrected chi connectivity index (χ0v) is 12.9. The molecule has 4 heteroatoms. The van der Waals surface area contributed by atoms with Gasteiger partial charge in [-0.05, 0) is 56.2 Å². The van der Waals surface area contributed by atoms with Gasteiger partial charge in [0.05, 0.1) is 5.69 Å². The zero-order valence-electron chi connectivity index (χ0n) is 12.9. The topological polar surface area (TPSA) is 41.1 Å². The first-order valence-electron chi connectivity index (χ1n) is 7.53. The van der Waals surface area contributed by atoms with E-state index in [0.29, 0.717) is 6.04 Å². The summed E-state index contributed by atoms with van der Waals surface area (Å²) in [6.07, 6.45) is 1.71. The molecule has 0 amide bonds. The highest BCUT2D eigenvalue weighted by Gasteiger charge is 2.19. The van der Waals surface area contributed by atoms with Gasteiger partial charge in [0.15, 0.2) is 0 Å². The predicted octanol–water partition coefficient (Wildman–Crippen LogP) is 2.56. The number of aromatic nitrogens is 2. The third kappa shape index (κ3) is 2.90. The standard InChI is InChI=1S/C17H22N4/c1-12-9-15(16-5-4-6-19-20-16)10-17(14(12)3)21-8-7-18-13(2)11-21/h4-6,9-10,13,18H,7-8,11H2,1-3H3. The van der Waals surface area contributed by atoms with Crippen LogP contribution in [0.4, 0.5) is 5.69 Å². The first-order chi connectivity index (χ1) is 10.1. The van der Waals surface area contributed by atoms with Gasteiger partial charge in [-0.3, -0.25) is 0 Å². The number of nitrogens with one attached hydrogen (secondary N) is 1. The average molecular weight is 282 g/mol. The van der Waals surface area contributed by atoms with Crippen molar-refractivity contribution in [2.75, 3.05) is 24.5 Å². The summed E-state index contributed by atoms with van der Waals surface area (Å²) in [6, 6.07) is 8.93. The number of hydrogen-bond donors (Lipinski definition) is 1. The molecule has 110 valence electrons. The molecule has 0 saturated carbocycles. The van der Waals surface area contributed by atoms with Crippen LogP contribution in [0.15, 0.2) is 30.5 Å². The maximum Gasteiger partial charge on any atom is 0.0930 e. The van der Waals surface area contributed by atoms with E-state index < -0.39 is 0 Å². The summed E-state index contributed by atoms with van der Waals surface area (Å²) in [7, 11) is 0. The second kappa shape index (κ2) is 5.82. The molecule has 2 heterocycles. The van der Waals surface area contributed by atoms with E-state index in [-0.39, 0.29) is 0 Å². The molecular formula is C17H22N4. The van der Waals surface area contributed by atoms with Gasteiger partial charge in [-0.15, -0.1) is 0 Å². The summed E-state index contributed by atoms with van der Waals surface area (Å²) in [6.45, 7) is 9.75. The minimum absolute atomic E-state index is 0.527. The highest BCUT2D eigenvalue weighted by atomic mass is 15.2. The van der Waals surface area contributed by atoms with Crippen LogP contribution in [0, 0.1) is 13.8 Å². The van der Waals surface area contributed by atoms with Gasteiger partial charge in [-0.25, -0.2) is 0 Å². The predicted molar refractivity (Wildman–Crippen MR) is 86.6 cm³/mol. The molecule has 2 aromatic rings. The molecule has 21 heavy (non-hydrogen) atoms. The largest absolute Gasteiger partial charge is 0.368 e. The fraction of sp³-hybridized carbons (Fsp3) is 0.412. The molecule has 1 fully saturated rings. The first kappa shape index (κ1) is 14.0. The Kier molecular flexibility index (Phi) is 3.88.